The number of methoxy groups -OCH3 is 1. The Kier molecular flexibility index (Phi) is 7.10. The maximum Gasteiger partial charge on any atom is 0.232 e. The van der Waals surface area contributed by atoms with E-state index < -0.39 is 0 Å². The van der Waals surface area contributed by atoms with Gasteiger partial charge >= 0.3 is 0 Å². The smallest absolute Gasteiger partial charge is 0.232 e. The van der Waals surface area contributed by atoms with Crippen LogP contribution in [0.3, 0.4) is 0 Å². The van der Waals surface area contributed by atoms with Gasteiger partial charge in [-0.25, -0.2) is 4.98 Å². The van der Waals surface area contributed by atoms with Crippen molar-refractivity contribution in [2.24, 2.45) is 0 Å². The summed E-state index contributed by atoms with van der Waals surface area (Å²) < 4.78 is 13.5. The number of para-hydroxylation sites is 2. The van der Waals surface area contributed by atoms with E-state index >= 15 is 0 Å². The van der Waals surface area contributed by atoms with Gasteiger partial charge in [-0.2, -0.15) is 15.0 Å². The van der Waals surface area contributed by atoms with Gasteiger partial charge in [-0.05, 0) is 30.5 Å². The van der Waals surface area contributed by atoms with Crippen LogP contribution in [0.5, 0.6) is 5.75 Å². The minimum atomic E-state index is 0.153. The second-order valence-corrected chi connectivity index (χ2v) is 9.03. The van der Waals surface area contributed by atoms with Crippen LogP contribution in [-0.4, -0.2) is 44.3 Å². The number of ether oxygens (including phenoxy) is 2. The number of aromatic nitrogens is 5. The second-order valence-electron chi connectivity index (χ2n) is 8.09. The highest BCUT2D eigenvalue weighted by molar-refractivity contribution is 7.98. The van der Waals surface area contributed by atoms with Gasteiger partial charge < -0.3 is 25.1 Å². The van der Waals surface area contributed by atoms with Gasteiger partial charge in [0.25, 0.3) is 0 Å². The minimum absolute atomic E-state index is 0.153. The van der Waals surface area contributed by atoms with Gasteiger partial charge in [0.2, 0.25) is 11.9 Å². The molecule has 0 saturated carbocycles. The molecule has 1 saturated heterocycles. The molecule has 9 nitrogen and oxygen atoms in total. The topological polar surface area (TPSA) is 113 Å². The van der Waals surface area contributed by atoms with Crippen LogP contribution in [0.2, 0.25) is 0 Å². The predicted molar refractivity (Wildman–Crippen MR) is 137 cm³/mol. The van der Waals surface area contributed by atoms with Gasteiger partial charge in [0, 0.05) is 6.61 Å². The Bertz CT molecular complexity index is 1280. The maximum atomic E-state index is 5.99. The number of nitrogens with zero attached hydrogens (tertiary/aromatic N) is 5. The zero-order valence-electron chi connectivity index (χ0n) is 19.4. The molecule has 0 bridgehead atoms. The molecule has 2 aromatic carbocycles. The normalized spacial score (nSPS) is 15.3. The first-order chi connectivity index (χ1) is 17.2. The van der Waals surface area contributed by atoms with Crippen molar-refractivity contribution in [1.29, 1.82) is 0 Å². The first-order valence-electron chi connectivity index (χ1n) is 11.5. The Morgan fingerprint density at radius 3 is 2.74 bits per heavy atom. The Hall–Kier alpha value is -3.63. The van der Waals surface area contributed by atoms with Crippen molar-refractivity contribution in [2.45, 2.75) is 36.4 Å². The van der Waals surface area contributed by atoms with Crippen LogP contribution in [0.25, 0.3) is 11.3 Å². The van der Waals surface area contributed by atoms with Crippen molar-refractivity contribution in [3.63, 3.8) is 0 Å². The monoisotopic (exact) mass is 489 g/mol. The van der Waals surface area contributed by atoms with Crippen LogP contribution in [-0.2, 0) is 17.0 Å². The molecule has 180 valence electrons. The molecule has 3 N–H and O–H groups in total. The molecule has 1 unspecified atom stereocenters. The van der Waals surface area contributed by atoms with Gasteiger partial charge in [-0.3, -0.25) is 0 Å². The number of thioether (sulfide) groups is 1. The molecule has 4 aromatic rings. The number of benzene rings is 2. The highest BCUT2D eigenvalue weighted by atomic mass is 32.2. The van der Waals surface area contributed by atoms with Crippen LogP contribution < -0.4 is 15.8 Å². The van der Waals surface area contributed by atoms with E-state index in [-0.39, 0.29) is 12.1 Å². The Morgan fingerprint density at radius 2 is 1.94 bits per heavy atom. The predicted octanol–water partition coefficient (Wildman–Crippen LogP) is 4.54. The number of anilines is 3. The lowest BCUT2D eigenvalue weighted by molar-refractivity contribution is 0.0954. The third-order valence-corrected chi connectivity index (χ3v) is 6.67. The zero-order chi connectivity index (χ0) is 24.0. The molecule has 5 rings (SSSR count). The molecular weight excluding hydrogens is 462 g/mol. The van der Waals surface area contributed by atoms with Crippen molar-refractivity contribution in [3.8, 4) is 17.0 Å². The van der Waals surface area contributed by atoms with Crippen LogP contribution in [0.4, 0.5) is 17.6 Å². The number of rotatable bonds is 9. The molecule has 1 aliphatic heterocycles. The van der Waals surface area contributed by atoms with Crippen molar-refractivity contribution in [3.05, 3.63) is 66.6 Å². The lowest BCUT2D eigenvalue weighted by atomic mass is 10.1. The summed E-state index contributed by atoms with van der Waals surface area (Å²) in [7, 11) is 1.62. The highest BCUT2D eigenvalue weighted by Crippen LogP contribution is 2.30. The molecule has 0 aliphatic carbocycles. The van der Waals surface area contributed by atoms with Crippen molar-refractivity contribution >= 4 is 29.3 Å². The van der Waals surface area contributed by atoms with E-state index in [0.717, 1.165) is 48.1 Å². The average molecular weight is 490 g/mol. The fourth-order valence-corrected chi connectivity index (χ4v) is 4.88. The summed E-state index contributed by atoms with van der Waals surface area (Å²) in [5, 5.41) is 4.06. The highest BCUT2D eigenvalue weighted by Gasteiger charge is 2.21. The van der Waals surface area contributed by atoms with E-state index in [2.05, 4.69) is 37.0 Å². The first kappa shape index (κ1) is 23.1. The van der Waals surface area contributed by atoms with Crippen LogP contribution in [0.1, 0.15) is 18.7 Å². The lowest BCUT2D eigenvalue weighted by Crippen LogP contribution is -2.16. The summed E-state index contributed by atoms with van der Waals surface area (Å²) in [5.74, 6) is 2.26. The largest absolute Gasteiger partial charge is 0.495 e. The van der Waals surface area contributed by atoms with E-state index in [1.807, 2.05) is 48.7 Å². The van der Waals surface area contributed by atoms with Gasteiger partial charge in [-0.1, -0.05) is 54.2 Å². The Balaban J connectivity index is 1.36. The molecule has 0 radical (unpaired) electrons. The maximum absolute atomic E-state index is 5.99. The second kappa shape index (κ2) is 10.7. The summed E-state index contributed by atoms with van der Waals surface area (Å²) in [5.41, 5.74) is 8.93. The number of nitrogen functional groups attached to an aromatic ring is 1. The SMILES string of the molecule is COc1ccccc1Nc1nc(N)nc(CSc2ncc(-c3ccccc3)n2CC2CCCO2)n1. The summed E-state index contributed by atoms with van der Waals surface area (Å²) >= 11 is 1.57. The van der Waals surface area contributed by atoms with E-state index in [9.17, 15) is 0 Å². The summed E-state index contributed by atoms with van der Waals surface area (Å²) in [6.07, 6.45) is 4.26. The number of imidazole rings is 1. The molecular formula is C25H27N7O2S. The fourth-order valence-electron chi connectivity index (χ4n) is 4.04. The summed E-state index contributed by atoms with van der Waals surface area (Å²) in [6.45, 7) is 1.57. The van der Waals surface area contributed by atoms with E-state index in [4.69, 9.17) is 20.2 Å². The molecule has 2 aromatic heterocycles. The number of hydrogen-bond donors (Lipinski definition) is 2. The molecule has 3 heterocycles. The summed E-state index contributed by atoms with van der Waals surface area (Å²) in [6, 6.07) is 17.8. The Morgan fingerprint density at radius 1 is 1.11 bits per heavy atom. The van der Waals surface area contributed by atoms with Crippen molar-refractivity contribution in [1.82, 2.24) is 24.5 Å². The van der Waals surface area contributed by atoms with E-state index in [0.29, 0.717) is 23.3 Å². The third kappa shape index (κ3) is 5.55. The molecule has 0 spiro atoms. The average Bonchev–Trinajstić information content (AvgIpc) is 3.54. The number of nitrogens with two attached hydrogens (primary N) is 1. The van der Waals surface area contributed by atoms with Gasteiger partial charge in [0.05, 0.1) is 43.1 Å². The molecule has 10 heteroatoms. The third-order valence-electron chi connectivity index (χ3n) is 5.68. The van der Waals surface area contributed by atoms with Crippen LogP contribution >= 0.6 is 11.8 Å². The Labute approximate surface area is 208 Å². The van der Waals surface area contributed by atoms with Crippen LogP contribution in [0.15, 0.2) is 66.0 Å². The van der Waals surface area contributed by atoms with Crippen LogP contribution in [0, 0.1) is 0 Å². The standard InChI is InChI=1S/C25H27N7O2S/c1-33-21-12-6-5-11-19(21)28-24-30-22(29-23(26)31-24)16-35-25-27-14-20(17-8-3-2-4-9-17)32(25)15-18-10-7-13-34-18/h2-6,8-9,11-12,14,18H,7,10,13,15-16H2,1H3,(H3,26,28,29,30,31). The fraction of sp³-hybridized carbons (Fsp3) is 0.280. The number of nitrogens with one attached hydrogen (secondary N) is 1. The lowest BCUT2D eigenvalue weighted by Gasteiger charge is -2.16. The van der Waals surface area contributed by atoms with Crippen molar-refractivity contribution < 1.29 is 9.47 Å². The zero-order valence-corrected chi connectivity index (χ0v) is 20.2. The molecule has 1 atom stereocenters. The van der Waals surface area contributed by atoms with E-state index in [1.54, 1.807) is 18.9 Å². The van der Waals surface area contributed by atoms with E-state index in [1.165, 1.54) is 0 Å². The summed E-state index contributed by atoms with van der Waals surface area (Å²) in [4.78, 5) is 17.9. The molecule has 0 amide bonds. The van der Waals surface area contributed by atoms with Gasteiger partial charge in [0.15, 0.2) is 5.16 Å². The van der Waals surface area contributed by atoms with Crippen molar-refractivity contribution in [2.75, 3.05) is 24.8 Å². The first-order valence-corrected chi connectivity index (χ1v) is 12.4. The van der Waals surface area contributed by atoms with Gasteiger partial charge in [-0.15, -0.1) is 0 Å². The molecule has 35 heavy (non-hydrogen) atoms. The minimum Gasteiger partial charge on any atom is -0.495 e. The molecule has 1 fully saturated rings. The molecule has 1 aliphatic rings. The van der Waals surface area contributed by atoms with Gasteiger partial charge in [0.1, 0.15) is 11.6 Å². The quantitative estimate of drug-likeness (QED) is 0.327. The number of hydrogen-bond acceptors (Lipinski definition) is 9.